The Kier molecular flexibility index (Phi) is 4.15. The lowest BCUT2D eigenvalue weighted by atomic mass is 10.1. The van der Waals surface area contributed by atoms with Crippen molar-refractivity contribution in [3.8, 4) is 0 Å². The zero-order valence-corrected chi connectivity index (χ0v) is 10.2. The van der Waals surface area contributed by atoms with E-state index >= 15 is 0 Å². The standard InChI is InChI=1S/C13H22N2/c1-5-10(2)15(4)13-8-6-12(7-9-13)11(3)14/h6-11H,5,14H2,1-4H3. The Labute approximate surface area is 93.1 Å². The van der Waals surface area contributed by atoms with Crippen molar-refractivity contribution in [2.75, 3.05) is 11.9 Å². The SMILES string of the molecule is CCC(C)N(C)c1ccc(C(C)N)cc1. The van der Waals surface area contributed by atoms with Crippen LogP contribution in [0.2, 0.25) is 0 Å². The summed E-state index contributed by atoms with van der Waals surface area (Å²) < 4.78 is 0. The summed E-state index contributed by atoms with van der Waals surface area (Å²) >= 11 is 0. The van der Waals surface area contributed by atoms with Gasteiger partial charge >= 0.3 is 0 Å². The van der Waals surface area contributed by atoms with E-state index < -0.39 is 0 Å². The molecule has 2 heteroatoms. The van der Waals surface area contributed by atoms with Crippen LogP contribution >= 0.6 is 0 Å². The molecule has 2 N–H and O–H groups in total. The summed E-state index contributed by atoms with van der Waals surface area (Å²) in [6.45, 7) is 6.45. The minimum absolute atomic E-state index is 0.118. The van der Waals surface area contributed by atoms with Crippen LogP contribution in [0.15, 0.2) is 24.3 Å². The third kappa shape index (κ3) is 2.96. The zero-order chi connectivity index (χ0) is 11.4. The molecule has 15 heavy (non-hydrogen) atoms. The van der Waals surface area contributed by atoms with Crippen molar-refractivity contribution < 1.29 is 0 Å². The molecular weight excluding hydrogens is 184 g/mol. The zero-order valence-electron chi connectivity index (χ0n) is 10.2. The number of rotatable bonds is 4. The van der Waals surface area contributed by atoms with E-state index in [-0.39, 0.29) is 6.04 Å². The molecule has 0 saturated heterocycles. The second kappa shape index (κ2) is 5.17. The highest BCUT2D eigenvalue weighted by molar-refractivity contribution is 5.48. The molecule has 0 aromatic heterocycles. The van der Waals surface area contributed by atoms with E-state index in [0.29, 0.717) is 6.04 Å². The van der Waals surface area contributed by atoms with Crippen LogP contribution in [0.25, 0.3) is 0 Å². The van der Waals surface area contributed by atoms with Gasteiger partial charge in [0.2, 0.25) is 0 Å². The van der Waals surface area contributed by atoms with Crippen molar-refractivity contribution in [3.05, 3.63) is 29.8 Å². The predicted molar refractivity (Wildman–Crippen MR) is 67.2 cm³/mol. The summed E-state index contributed by atoms with van der Waals surface area (Å²) in [5.74, 6) is 0. The Morgan fingerprint density at radius 1 is 1.20 bits per heavy atom. The lowest BCUT2D eigenvalue weighted by Gasteiger charge is -2.26. The van der Waals surface area contributed by atoms with Crippen LogP contribution in [-0.2, 0) is 0 Å². The van der Waals surface area contributed by atoms with Crippen LogP contribution in [0.1, 0.15) is 38.8 Å². The fourth-order valence-electron chi connectivity index (χ4n) is 1.54. The third-order valence-electron chi connectivity index (χ3n) is 3.08. The van der Waals surface area contributed by atoms with E-state index in [1.165, 1.54) is 11.3 Å². The maximum absolute atomic E-state index is 5.81. The predicted octanol–water partition coefficient (Wildman–Crippen LogP) is 2.94. The van der Waals surface area contributed by atoms with E-state index in [2.05, 4.69) is 50.1 Å². The second-order valence-corrected chi connectivity index (χ2v) is 4.25. The van der Waals surface area contributed by atoms with Gasteiger partial charge in [-0.25, -0.2) is 0 Å². The van der Waals surface area contributed by atoms with Crippen LogP contribution in [-0.4, -0.2) is 13.1 Å². The highest BCUT2D eigenvalue weighted by Crippen LogP contribution is 2.19. The van der Waals surface area contributed by atoms with Gasteiger partial charge in [-0.05, 0) is 38.0 Å². The van der Waals surface area contributed by atoms with Crippen LogP contribution < -0.4 is 10.6 Å². The first-order valence-electron chi connectivity index (χ1n) is 5.64. The number of anilines is 1. The molecule has 0 aliphatic heterocycles. The first kappa shape index (κ1) is 12.1. The Hall–Kier alpha value is -1.02. The Morgan fingerprint density at radius 3 is 2.13 bits per heavy atom. The monoisotopic (exact) mass is 206 g/mol. The topological polar surface area (TPSA) is 29.3 Å². The van der Waals surface area contributed by atoms with Crippen molar-refractivity contribution in [2.24, 2.45) is 5.73 Å². The maximum atomic E-state index is 5.81. The first-order valence-corrected chi connectivity index (χ1v) is 5.64. The molecule has 2 atom stereocenters. The van der Waals surface area contributed by atoms with E-state index in [1.807, 2.05) is 6.92 Å². The number of hydrogen-bond donors (Lipinski definition) is 1. The minimum atomic E-state index is 0.118. The number of hydrogen-bond acceptors (Lipinski definition) is 2. The van der Waals surface area contributed by atoms with Gasteiger partial charge in [-0.3, -0.25) is 0 Å². The molecule has 0 spiro atoms. The lowest BCUT2D eigenvalue weighted by molar-refractivity contribution is 0.663. The fraction of sp³-hybridized carbons (Fsp3) is 0.538. The summed E-state index contributed by atoms with van der Waals surface area (Å²) in [6, 6.07) is 9.20. The summed E-state index contributed by atoms with van der Waals surface area (Å²) in [5.41, 5.74) is 8.26. The molecule has 0 heterocycles. The van der Waals surface area contributed by atoms with Crippen molar-refractivity contribution in [1.29, 1.82) is 0 Å². The summed E-state index contributed by atoms with van der Waals surface area (Å²) in [5, 5.41) is 0. The highest BCUT2D eigenvalue weighted by atomic mass is 15.1. The van der Waals surface area contributed by atoms with Gasteiger partial charge in [0.05, 0.1) is 0 Å². The number of benzene rings is 1. The van der Waals surface area contributed by atoms with Crippen LogP contribution in [0.4, 0.5) is 5.69 Å². The number of nitrogens with zero attached hydrogens (tertiary/aromatic N) is 1. The van der Waals surface area contributed by atoms with Crippen molar-refractivity contribution >= 4 is 5.69 Å². The van der Waals surface area contributed by atoms with E-state index in [1.54, 1.807) is 0 Å². The molecule has 0 bridgehead atoms. The lowest BCUT2D eigenvalue weighted by Crippen LogP contribution is -2.27. The molecular formula is C13H22N2. The third-order valence-corrected chi connectivity index (χ3v) is 3.08. The number of nitrogens with two attached hydrogens (primary N) is 1. The molecule has 2 unspecified atom stereocenters. The molecule has 0 fully saturated rings. The highest BCUT2D eigenvalue weighted by Gasteiger charge is 2.07. The molecule has 1 aromatic rings. The van der Waals surface area contributed by atoms with E-state index in [9.17, 15) is 0 Å². The minimum Gasteiger partial charge on any atom is -0.372 e. The van der Waals surface area contributed by atoms with Crippen LogP contribution in [0.5, 0.6) is 0 Å². The molecule has 0 aliphatic carbocycles. The molecule has 0 saturated carbocycles. The molecule has 1 aromatic carbocycles. The summed E-state index contributed by atoms with van der Waals surface area (Å²) in [6.07, 6.45) is 1.16. The maximum Gasteiger partial charge on any atom is 0.0366 e. The van der Waals surface area contributed by atoms with Gasteiger partial charge in [-0.15, -0.1) is 0 Å². The molecule has 1 rings (SSSR count). The van der Waals surface area contributed by atoms with Gasteiger partial charge in [-0.2, -0.15) is 0 Å². The van der Waals surface area contributed by atoms with Gasteiger partial charge in [0.15, 0.2) is 0 Å². The molecule has 0 radical (unpaired) electrons. The van der Waals surface area contributed by atoms with Gasteiger partial charge < -0.3 is 10.6 Å². The van der Waals surface area contributed by atoms with E-state index in [4.69, 9.17) is 5.73 Å². The second-order valence-electron chi connectivity index (χ2n) is 4.25. The quantitative estimate of drug-likeness (QED) is 0.820. The summed E-state index contributed by atoms with van der Waals surface area (Å²) in [4.78, 5) is 2.30. The van der Waals surface area contributed by atoms with Gasteiger partial charge in [0, 0.05) is 24.8 Å². The normalized spacial score (nSPS) is 14.7. The largest absolute Gasteiger partial charge is 0.372 e. The molecule has 84 valence electrons. The van der Waals surface area contributed by atoms with E-state index in [0.717, 1.165) is 6.42 Å². The average molecular weight is 206 g/mol. The van der Waals surface area contributed by atoms with Crippen LogP contribution in [0, 0.1) is 0 Å². The van der Waals surface area contributed by atoms with Gasteiger partial charge in [0.1, 0.15) is 0 Å². The molecule has 0 aliphatic rings. The fourth-order valence-corrected chi connectivity index (χ4v) is 1.54. The average Bonchev–Trinajstić information content (AvgIpc) is 2.27. The van der Waals surface area contributed by atoms with Crippen LogP contribution in [0.3, 0.4) is 0 Å². The Balaban J connectivity index is 2.79. The van der Waals surface area contributed by atoms with Crippen molar-refractivity contribution in [3.63, 3.8) is 0 Å². The Morgan fingerprint density at radius 2 is 1.73 bits per heavy atom. The molecule has 0 amide bonds. The Bertz CT molecular complexity index is 290. The first-order chi connectivity index (χ1) is 7.06. The smallest absolute Gasteiger partial charge is 0.0366 e. The molecule has 2 nitrogen and oxygen atoms in total. The summed E-state index contributed by atoms with van der Waals surface area (Å²) in [7, 11) is 2.13. The van der Waals surface area contributed by atoms with Gasteiger partial charge in [0.25, 0.3) is 0 Å². The van der Waals surface area contributed by atoms with Crippen molar-refractivity contribution in [2.45, 2.75) is 39.3 Å². The van der Waals surface area contributed by atoms with Gasteiger partial charge in [-0.1, -0.05) is 19.1 Å². The van der Waals surface area contributed by atoms with Crippen molar-refractivity contribution in [1.82, 2.24) is 0 Å².